The molecule has 0 aliphatic rings. The first kappa shape index (κ1) is 12.5. The molecule has 76 valence electrons. The van der Waals surface area contributed by atoms with Crippen LogP contribution in [0.4, 0.5) is 0 Å². The Balaban J connectivity index is 3.11. The Bertz CT molecular complexity index is 134. The van der Waals surface area contributed by atoms with Crippen molar-refractivity contribution in [1.82, 2.24) is 10.2 Å². The van der Waals surface area contributed by atoms with Crippen LogP contribution in [0.3, 0.4) is 0 Å². The zero-order valence-electron chi connectivity index (χ0n) is 8.97. The average Bonchev–Trinajstić information content (AvgIpc) is 2.17. The molecule has 0 amide bonds. The monoisotopic (exact) mass is 182 g/mol. The Labute approximate surface area is 82.7 Å². The van der Waals surface area contributed by atoms with Crippen molar-refractivity contribution < 1.29 is 0 Å². The van der Waals surface area contributed by atoms with Gasteiger partial charge in [-0.05, 0) is 26.1 Å². The minimum Gasteiger partial charge on any atom is -0.315 e. The van der Waals surface area contributed by atoms with Gasteiger partial charge in [0.1, 0.15) is 0 Å². The molecule has 0 saturated carbocycles. The highest BCUT2D eigenvalue weighted by Crippen LogP contribution is 1.85. The van der Waals surface area contributed by atoms with Gasteiger partial charge in [0.15, 0.2) is 0 Å². The van der Waals surface area contributed by atoms with Crippen LogP contribution in [0.1, 0.15) is 26.7 Å². The lowest BCUT2D eigenvalue weighted by Gasteiger charge is -2.17. The van der Waals surface area contributed by atoms with E-state index in [1.54, 1.807) is 0 Å². The highest BCUT2D eigenvalue weighted by molar-refractivity contribution is 4.83. The maximum absolute atomic E-state index is 5.15. The molecular formula is C11H22N2. The second-order valence-electron chi connectivity index (χ2n) is 3.08. The number of hydrogen-bond donors (Lipinski definition) is 1. The van der Waals surface area contributed by atoms with Crippen molar-refractivity contribution in [2.24, 2.45) is 0 Å². The molecule has 0 spiro atoms. The minimum absolute atomic E-state index is 0.887. The van der Waals surface area contributed by atoms with Gasteiger partial charge in [0.25, 0.3) is 0 Å². The van der Waals surface area contributed by atoms with E-state index in [9.17, 15) is 0 Å². The lowest BCUT2D eigenvalue weighted by Crippen LogP contribution is -2.32. The fourth-order valence-corrected chi connectivity index (χ4v) is 1.22. The largest absolute Gasteiger partial charge is 0.315 e. The van der Waals surface area contributed by atoms with Crippen LogP contribution in [0.2, 0.25) is 0 Å². The maximum Gasteiger partial charge on any atom is 0.0107 e. The Hall–Kier alpha value is -0.520. The first-order chi connectivity index (χ1) is 6.35. The van der Waals surface area contributed by atoms with Crippen molar-refractivity contribution in [1.29, 1.82) is 0 Å². The Morgan fingerprint density at radius 2 is 1.92 bits per heavy atom. The summed E-state index contributed by atoms with van der Waals surface area (Å²) < 4.78 is 0. The van der Waals surface area contributed by atoms with Gasteiger partial charge in [0.05, 0.1) is 0 Å². The Morgan fingerprint density at radius 1 is 1.23 bits per heavy atom. The molecule has 0 radical (unpaired) electrons. The number of likely N-dealkylation sites (N-methyl/N-ethyl adjacent to an activating group) is 1. The average molecular weight is 182 g/mol. The third kappa shape index (κ3) is 7.83. The fourth-order valence-electron chi connectivity index (χ4n) is 1.22. The van der Waals surface area contributed by atoms with Gasteiger partial charge in [-0.25, -0.2) is 0 Å². The lowest BCUT2D eigenvalue weighted by atomic mass is 10.3. The molecule has 0 aromatic heterocycles. The van der Waals surface area contributed by atoms with E-state index in [2.05, 4.69) is 30.0 Å². The fraction of sp³-hybridized carbons (Fsp3) is 0.818. The van der Waals surface area contributed by atoms with Crippen LogP contribution in [0, 0.1) is 12.3 Å². The number of rotatable bonds is 8. The predicted molar refractivity (Wildman–Crippen MR) is 58.7 cm³/mol. The van der Waals surface area contributed by atoms with E-state index in [0.717, 1.165) is 45.6 Å². The van der Waals surface area contributed by atoms with Gasteiger partial charge in [0.2, 0.25) is 0 Å². The molecule has 0 aromatic rings. The van der Waals surface area contributed by atoms with Crippen LogP contribution in [-0.4, -0.2) is 37.6 Å². The van der Waals surface area contributed by atoms with Crippen LogP contribution < -0.4 is 5.32 Å². The molecule has 0 aromatic carbocycles. The van der Waals surface area contributed by atoms with Crippen LogP contribution in [0.25, 0.3) is 0 Å². The number of nitrogens with one attached hydrogen (secondary N) is 1. The van der Waals surface area contributed by atoms with E-state index in [1.165, 1.54) is 0 Å². The summed E-state index contributed by atoms with van der Waals surface area (Å²) in [7, 11) is 0. The SMILES string of the molecule is C#CCCCNCCN(CC)CC. The summed E-state index contributed by atoms with van der Waals surface area (Å²) in [6, 6.07) is 0. The van der Waals surface area contributed by atoms with Gasteiger partial charge in [-0.3, -0.25) is 0 Å². The third-order valence-corrected chi connectivity index (χ3v) is 2.17. The van der Waals surface area contributed by atoms with Crippen LogP contribution in [0.15, 0.2) is 0 Å². The molecule has 0 saturated heterocycles. The molecule has 0 rings (SSSR count). The molecule has 0 fully saturated rings. The molecule has 0 aliphatic heterocycles. The molecule has 0 aliphatic carbocycles. The molecule has 0 atom stereocenters. The van der Waals surface area contributed by atoms with Crippen molar-refractivity contribution in [3.63, 3.8) is 0 Å². The smallest absolute Gasteiger partial charge is 0.0107 e. The standard InChI is InChI=1S/C11H22N2/c1-4-7-8-9-12-10-11-13(5-2)6-3/h1,12H,5-11H2,2-3H3. The Morgan fingerprint density at radius 3 is 2.46 bits per heavy atom. The predicted octanol–water partition coefficient (Wildman–Crippen LogP) is 1.33. The molecule has 2 nitrogen and oxygen atoms in total. The summed E-state index contributed by atoms with van der Waals surface area (Å²) >= 11 is 0. The van der Waals surface area contributed by atoms with Crippen LogP contribution >= 0.6 is 0 Å². The summed E-state index contributed by atoms with van der Waals surface area (Å²) in [4.78, 5) is 2.41. The van der Waals surface area contributed by atoms with Crippen LogP contribution in [0.5, 0.6) is 0 Å². The molecule has 2 heteroatoms. The van der Waals surface area contributed by atoms with Gasteiger partial charge in [-0.1, -0.05) is 13.8 Å². The van der Waals surface area contributed by atoms with Gasteiger partial charge in [-0.15, -0.1) is 12.3 Å². The van der Waals surface area contributed by atoms with E-state index in [1.807, 2.05) is 0 Å². The van der Waals surface area contributed by atoms with E-state index in [-0.39, 0.29) is 0 Å². The quantitative estimate of drug-likeness (QED) is 0.450. The number of nitrogens with zero attached hydrogens (tertiary/aromatic N) is 1. The summed E-state index contributed by atoms with van der Waals surface area (Å²) in [6.07, 6.45) is 7.13. The summed E-state index contributed by atoms with van der Waals surface area (Å²) in [6.45, 7) is 9.94. The molecule has 1 N–H and O–H groups in total. The maximum atomic E-state index is 5.15. The van der Waals surface area contributed by atoms with E-state index < -0.39 is 0 Å². The normalized spacial score (nSPS) is 10.3. The highest BCUT2D eigenvalue weighted by Gasteiger charge is 1.96. The van der Waals surface area contributed by atoms with Gasteiger partial charge < -0.3 is 10.2 Å². The van der Waals surface area contributed by atoms with Crippen LogP contribution in [-0.2, 0) is 0 Å². The second kappa shape index (κ2) is 9.57. The minimum atomic E-state index is 0.887. The summed E-state index contributed by atoms with van der Waals surface area (Å²) in [5.74, 6) is 2.64. The highest BCUT2D eigenvalue weighted by atomic mass is 15.1. The van der Waals surface area contributed by atoms with Crippen molar-refractivity contribution in [3.05, 3.63) is 0 Å². The van der Waals surface area contributed by atoms with Gasteiger partial charge in [-0.2, -0.15) is 0 Å². The van der Waals surface area contributed by atoms with Crippen molar-refractivity contribution in [2.45, 2.75) is 26.7 Å². The molecule has 13 heavy (non-hydrogen) atoms. The number of unbranched alkanes of at least 4 members (excludes halogenated alkanes) is 1. The van der Waals surface area contributed by atoms with Crippen molar-refractivity contribution >= 4 is 0 Å². The topological polar surface area (TPSA) is 15.3 Å². The summed E-state index contributed by atoms with van der Waals surface area (Å²) in [5, 5.41) is 3.38. The van der Waals surface area contributed by atoms with Crippen molar-refractivity contribution in [2.75, 3.05) is 32.7 Å². The van der Waals surface area contributed by atoms with E-state index in [0.29, 0.717) is 0 Å². The lowest BCUT2D eigenvalue weighted by molar-refractivity contribution is 0.302. The summed E-state index contributed by atoms with van der Waals surface area (Å²) in [5.41, 5.74) is 0. The molecular weight excluding hydrogens is 160 g/mol. The van der Waals surface area contributed by atoms with Crippen molar-refractivity contribution in [3.8, 4) is 12.3 Å². The van der Waals surface area contributed by atoms with Gasteiger partial charge >= 0.3 is 0 Å². The Kier molecular flexibility index (Phi) is 9.18. The number of terminal acetylenes is 1. The first-order valence-corrected chi connectivity index (χ1v) is 5.21. The van der Waals surface area contributed by atoms with E-state index in [4.69, 9.17) is 6.42 Å². The third-order valence-electron chi connectivity index (χ3n) is 2.17. The first-order valence-electron chi connectivity index (χ1n) is 5.21. The molecule has 0 unspecified atom stereocenters. The second-order valence-corrected chi connectivity index (χ2v) is 3.08. The number of hydrogen-bond acceptors (Lipinski definition) is 2. The molecule has 0 bridgehead atoms. The van der Waals surface area contributed by atoms with Gasteiger partial charge in [0, 0.05) is 19.5 Å². The zero-order chi connectivity index (χ0) is 9.94. The molecule has 0 heterocycles. The zero-order valence-corrected chi connectivity index (χ0v) is 8.97. The van der Waals surface area contributed by atoms with E-state index >= 15 is 0 Å².